The number of nitrogens with zero attached hydrogens (tertiary/aromatic N) is 1. The Morgan fingerprint density at radius 3 is 2.52 bits per heavy atom. The zero-order valence-electron chi connectivity index (χ0n) is 13.1. The van der Waals surface area contributed by atoms with Crippen LogP contribution in [0.1, 0.15) is 15.9 Å². The normalized spacial score (nSPS) is 16.3. The molecule has 23 heavy (non-hydrogen) atoms. The number of benzene rings is 2. The van der Waals surface area contributed by atoms with Gasteiger partial charge in [0.25, 0.3) is 5.91 Å². The second-order valence-corrected chi connectivity index (χ2v) is 5.69. The third-order valence-electron chi connectivity index (χ3n) is 3.84. The van der Waals surface area contributed by atoms with E-state index in [0.29, 0.717) is 17.7 Å². The molecule has 118 valence electrons. The monoisotopic (exact) mass is 310 g/mol. The number of esters is 1. The van der Waals surface area contributed by atoms with Gasteiger partial charge in [0, 0.05) is 31.9 Å². The van der Waals surface area contributed by atoms with E-state index in [-0.39, 0.29) is 5.91 Å². The molecular formula is C18H18N2O3. The molecule has 5 heteroatoms. The molecule has 2 aromatic carbocycles. The van der Waals surface area contributed by atoms with Crippen molar-refractivity contribution >= 4 is 23.3 Å². The number of carbonyl (C=O) groups excluding carboxylic acids is 2. The van der Waals surface area contributed by atoms with Crippen LogP contribution < -0.4 is 10.2 Å². The molecular weight excluding hydrogens is 292 g/mol. The average Bonchev–Trinajstić information content (AvgIpc) is 2.55. The average molecular weight is 310 g/mol. The van der Waals surface area contributed by atoms with E-state index in [2.05, 4.69) is 5.32 Å². The van der Waals surface area contributed by atoms with Gasteiger partial charge in [-0.25, -0.2) is 4.79 Å². The predicted octanol–water partition coefficient (Wildman–Crippen LogP) is 2.47. The van der Waals surface area contributed by atoms with E-state index < -0.39 is 12.1 Å². The van der Waals surface area contributed by atoms with E-state index in [1.54, 1.807) is 12.1 Å². The molecule has 0 aliphatic carbocycles. The number of fused-ring (bicyclic) bond motifs is 1. The lowest BCUT2D eigenvalue weighted by atomic mass is 9.98. The lowest BCUT2D eigenvalue weighted by Crippen LogP contribution is -2.37. The first-order chi connectivity index (χ1) is 11.0. The van der Waals surface area contributed by atoms with Crippen LogP contribution in [0.2, 0.25) is 0 Å². The van der Waals surface area contributed by atoms with Crippen LogP contribution in [-0.4, -0.2) is 32.1 Å². The van der Waals surface area contributed by atoms with Crippen LogP contribution in [-0.2, 0) is 16.0 Å². The molecule has 1 N–H and O–H groups in total. The van der Waals surface area contributed by atoms with Crippen molar-refractivity contribution in [3.05, 3.63) is 59.7 Å². The summed E-state index contributed by atoms with van der Waals surface area (Å²) in [6, 6.07) is 14.7. The number of amides is 1. The number of carbonyl (C=O) groups is 2. The number of hydrogen-bond donors (Lipinski definition) is 1. The number of nitrogens with one attached hydrogen (secondary N) is 1. The Kier molecular flexibility index (Phi) is 4.02. The molecule has 1 atom stereocenters. The Morgan fingerprint density at radius 2 is 1.83 bits per heavy atom. The summed E-state index contributed by atoms with van der Waals surface area (Å²) >= 11 is 0. The van der Waals surface area contributed by atoms with E-state index in [4.69, 9.17) is 4.74 Å². The van der Waals surface area contributed by atoms with Gasteiger partial charge in [0.1, 0.15) is 0 Å². The van der Waals surface area contributed by atoms with Crippen LogP contribution in [0.4, 0.5) is 11.4 Å². The molecule has 0 saturated carbocycles. The highest BCUT2D eigenvalue weighted by molar-refractivity contribution is 6.00. The van der Waals surface area contributed by atoms with Crippen LogP contribution in [0.5, 0.6) is 0 Å². The Balaban J connectivity index is 1.71. The van der Waals surface area contributed by atoms with Crippen LogP contribution in [0, 0.1) is 0 Å². The second-order valence-electron chi connectivity index (χ2n) is 5.69. The Labute approximate surface area is 134 Å². The van der Waals surface area contributed by atoms with Gasteiger partial charge in [-0.05, 0) is 35.9 Å². The van der Waals surface area contributed by atoms with Crippen LogP contribution in [0.3, 0.4) is 0 Å². The molecule has 0 fully saturated rings. The van der Waals surface area contributed by atoms with Crippen LogP contribution in [0.25, 0.3) is 0 Å². The molecule has 0 bridgehead atoms. The smallest absolute Gasteiger partial charge is 0.339 e. The van der Waals surface area contributed by atoms with Gasteiger partial charge in [-0.15, -0.1) is 0 Å². The van der Waals surface area contributed by atoms with Gasteiger partial charge < -0.3 is 15.0 Å². The largest absolute Gasteiger partial charge is 0.448 e. The molecule has 1 heterocycles. The molecule has 2 aromatic rings. The van der Waals surface area contributed by atoms with Gasteiger partial charge in [0.05, 0.1) is 5.56 Å². The van der Waals surface area contributed by atoms with Crippen molar-refractivity contribution in [3.8, 4) is 0 Å². The molecule has 1 aliphatic rings. The lowest BCUT2D eigenvalue weighted by molar-refractivity contribution is -0.125. The Bertz CT molecular complexity index is 738. The van der Waals surface area contributed by atoms with Crippen molar-refractivity contribution < 1.29 is 14.3 Å². The highest BCUT2D eigenvalue weighted by Crippen LogP contribution is 2.22. The molecule has 1 amide bonds. The quantitative estimate of drug-likeness (QED) is 0.885. The maximum Gasteiger partial charge on any atom is 0.339 e. The van der Waals surface area contributed by atoms with E-state index in [9.17, 15) is 9.59 Å². The van der Waals surface area contributed by atoms with E-state index in [1.165, 1.54) is 0 Å². The molecule has 0 spiro atoms. The van der Waals surface area contributed by atoms with Crippen molar-refractivity contribution in [2.75, 3.05) is 24.3 Å². The number of anilines is 2. The van der Waals surface area contributed by atoms with Gasteiger partial charge >= 0.3 is 5.97 Å². The summed E-state index contributed by atoms with van der Waals surface area (Å²) < 4.78 is 5.25. The number of cyclic esters (lactones) is 1. The van der Waals surface area contributed by atoms with Crippen molar-refractivity contribution in [2.24, 2.45) is 0 Å². The third kappa shape index (κ3) is 3.18. The topological polar surface area (TPSA) is 58.6 Å². The summed E-state index contributed by atoms with van der Waals surface area (Å²) in [4.78, 5) is 26.3. The first-order valence-corrected chi connectivity index (χ1v) is 7.42. The standard InChI is InChI=1S/C18H18N2O3/c1-20(2)14-9-7-13(8-10-14)19-17(21)16-11-12-5-3-4-6-15(12)18(22)23-16/h3-10,16H,11H2,1-2H3,(H,19,21). The summed E-state index contributed by atoms with van der Waals surface area (Å²) in [6.07, 6.45) is -0.408. The Morgan fingerprint density at radius 1 is 1.13 bits per heavy atom. The van der Waals surface area contributed by atoms with Gasteiger partial charge in [-0.3, -0.25) is 4.79 Å². The summed E-state index contributed by atoms with van der Waals surface area (Å²) in [7, 11) is 3.90. The summed E-state index contributed by atoms with van der Waals surface area (Å²) in [5.74, 6) is -0.764. The van der Waals surface area contributed by atoms with Crippen LogP contribution in [0.15, 0.2) is 48.5 Å². The fourth-order valence-corrected chi connectivity index (χ4v) is 2.54. The van der Waals surface area contributed by atoms with Crippen molar-refractivity contribution in [1.82, 2.24) is 0 Å². The molecule has 0 aromatic heterocycles. The van der Waals surface area contributed by atoms with Crippen molar-refractivity contribution in [2.45, 2.75) is 12.5 Å². The first kappa shape index (κ1) is 15.1. The van der Waals surface area contributed by atoms with Crippen molar-refractivity contribution in [3.63, 3.8) is 0 Å². The minimum absolute atomic E-state index is 0.314. The van der Waals surface area contributed by atoms with Gasteiger partial charge in [0.15, 0.2) is 6.10 Å². The molecule has 1 unspecified atom stereocenters. The summed E-state index contributed by atoms with van der Waals surface area (Å²) in [5.41, 5.74) is 3.09. The number of rotatable bonds is 3. The maximum absolute atomic E-state index is 12.3. The van der Waals surface area contributed by atoms with Gasteiger partial charge in [-0.2, -0.15) is 0 Å². The first-order valence-electron chi connectivity index (χ1n) is 7.42. The minimum atomic E-state index is -0.800. The number of hydrogen-bond acceptors (Lipinski definition) is 4. The maximum atomic E-state index is 12.3. The van der Waals surface area contributed by atoms with E-state index in [1.807, 2.05) is 55.4 Å². The molecule has 3 rings (SSSR count). The SMILES string of the molecule is CN(C)c1ccc(NC(=O)C2Cc3ccccc3C(=O)O2)cc1. The Hall–Kier alpha value is -2.82. The van der Waals surface area contributed by atoms with Crippen LogP contribution >= 0.6 is 0 Å². The third-order valence-corrected chi connectivity index (χ3v) is 3.84. The number of ether oxygens (including phenoxy) is 1. The fraction of sp³-hybridized carbons (Fsp3) is 0.222. The van der Waals surface area contributed by atoms with Crippen molar-refractivity contribution in [1.29, 1.82) is 0 Å². The fourth-order valence-electron chi connectivity index (χ4n) is 2.54. The lowest BCUT2D eigenvalue weighted by Gasteiger charge is -2.23. The summed E-state index contributed by atoms with van der Waals surface area (Å²) in [5, 5.41) is 2.79. The molecule has 5 nitrogen and oxygen atoms in total. The van der Waals surface area contributed by atoms with E-state index in [0.717, 1.165) is 11.3 Å². The van der Waals surface area contributed by atoms with E-state index >= 15 is 0 Å². The second kappa shape index (κ2) is 6.12. The molecule has 0 saturated heterocycles. The molecule has 0 radical (unpaired) electrons. The van der Waals surface area contributed by atoms with Gasteiger partial charge in [-0.1, -0.05) is 18.2 Å². The van der Waals surface area contributed by atoms with Gasteiger partial charge in [0.2, 0.25) is 0 Å². The zero-order chi connectivity index (χ0) is 16.4. The predicted molar refractivity (Wildman–Crippen MR) is 88.7 cm³/mol. The molecule has 1 aliphatic heterocycles. The zero-order valence-corrected chi connectivity index (χ0v) is 13.1. The minimum Gasteiger partial charge on any atom is -0.448 e. The highest BCUT2D eigenvalue weighted by atomic mass is 16.5. The highest BCUT2D eigenvalue weighted by Gasteiger charge is 2.30. The summed E-state index contributed by atoms with van der Waals surface area (Å²) in [6.45, 7) is 0.